The number of amides is 2. The zero-order valence-electron chi connectivity index (χ0n) is 10.9. The summed E-state index contributed by atoms with van der Waals surface area (Å²) < 4.78 is 10.3. The van der Waals surface area contributed by atoms with Crippen LogP contribution in [-0.2, 0) is 9.53 Å². The van der Waals surface area contributed by atoms with E-state index in [-0.39, 0.29) is 24.1 Å². The number of pyridine rings is 1. The summed E-state index contributed by atoms with van der Waals surface area (Å²) in [6.07, 6.45) is -0.608. The first kappa shape index (κ1) is 13.1. The SMILES string of the molecule is CC(C)(C)OC(=O)Nc1ccc2c(n1)NC(=O)CO2. The molecule has 2 amide bonds. The number of ether oxygens (including phenoxy) is 2. The lowest BCUT2D eigenvalue weighted by molar-refractivity contribution is -0.118. The van der Waals surface area contributed by atoms with E-state index >= 15 is 0 Å². The fraction of sp³-hybridized carbons (Fsp3) is 0.417. The van der Waals surface area contributed by atoms with E-state index < -0.39 is 11.7 Å². The molecule has 0 spiro atoms. The summed E-state index contributed by atoms with van der Waals surface area (Å²) in [5, 5.41) is 5.04. The lowest BCUT2D eigenvalue weighted by Gasteiger charge is -2.20. The van der Waals surface area contributed by atoms with Gasteiger partial charge in [0.05, 0.1) is 0 Å². The fourth-order valence-corrected chi connectivity index (χ4v) is 1.44. The second kappa shape index (κ2) is 4.75. The van der Waals surface area contributed by atoms with Crippen molar-refractivity contribution in [1.29, 1.82) is 0 Å². The number of hydrogen-bond donors (Lipinski definition) is 2. The molecule has 1 aromatic heterocycles. The number of hydrogen-bond acceptors (Lipinski definition) is 5. The number of carbonyl (C=O) groups excluding carboxylic acids is 2. The Morgan fingerprint density at radius 1 is 1.47 bits per heavy atom. The molecule has 1 aliphatic rings. The van der Waals surface area contributed by atoms with Crippen molar-refractivity contribution in [2.75, 3.05) is 17.2 Å². The lowest BCUT2D eigenvalue weighted by Crippen LogP contribution is -2.28. The second-order valence-electron chi connectivity index (χ2n) is 5.01. The third-order valence-corrected chi connectivity index (χ3v) is 2.10. The van der Waals surface area contributed by atoms with Crippen LogP contribution in [-0.4, -0.2) is 29.2 Å². The molecule has 1 aromatic rings. The van der Waals surface area contributed by atoms with E-state index in [0.29, 0.717) is 5.75 Å². The molecular formula is C12H15N3O4. The molecule has 2 heterocycles. The maximum atomic E-state index is 11.6. The van der Waals surface area contributed by atoms with Crippen LogP contribution in [0.2, 0.25) is 0 Å². The van der Waals surface area contributed by atoms with Crippen LogP contribution in [0, 0.1) is 0 Å². The number of rotatable bonds is 1. The van der Waals surface area contributed by atoms with Gasteiger partial charge in [-0.1, -0.05) is 0 Å². The monoisotopic (exact) mass is 265 g/mol. The molecule has 0 aromatic carbocycles. The van der Waals surface area contributed by atoms with Crippen LogP contribution < -0.4 is 15.4 Å². The second-order valence-corrected chi connectivity index (χ2v) is 5.01. The average Bonchev–Trinajstić information content (AvgIpc) is 2.25. The third kappa shape index (κ3) is 3.57. The summed E-state index contributed by atoms with van der Waals surface area (Å²) in [5.41, 5.74) is -0.588. The van der Waals surface area contributed by atoms with Crippen LogP contribution in [0.25, 0.3) is 0 Å². The van der Waals surface area contributed by atoms with Gasteiger partial charge in [-0.25, -0.2) is 9.78 Å². The van der Waals surface area contributed by atoms with E-state index in [0.717, 1.165) is 0 Å². The normalized spacial score (nSPS) is 13.9. The Bertz CT molecular complexity index is 522. The van der Waals surface area contributed by atoms with Crippen LogP contribution in [0.3, 0.4) is 0 Å². The minimum absolute atomic E-state index is 0.0342. The van der Waals surface area contributed by atoms with Gasteiger partial charge in [-0.2, -0.15) is 0 Å². The number of nitrogens with one attached hydrogen (secondary N) is 2. The molecule has 2 N–H and O–H groups in total. The number of fused-ring (bicyclic) bond motifs is 1. The van der Waals surface area contributed by atoms with Crippen molar-refractivity contribution < 1.29 is 19.1 Å². The van der Waals surface area contributed by atoms with Crippen LogP contribution in [0.5, 0.6) is 5.75 Å². The molecule has 7 heteroatoms. The molecule has 0 atom stereocenters. The van der Waals surface area contributed by atoms with Crippen molar-refractivity contribution in [3.8, 4) is 5.75 Å². The summed E-state index contributed by atoms with van der Waals surface area (Å²) in [5.74, 6) is 0.743. The molecule has 0 unspecified atom stereocenters. The first-order valence-corrected chi connectivity index (χ1v) is 5.77. The maximum absolute atomic E-state index is 11.6. The predicted molar refractivity (Wildman–Crippen MR) is 68.2 cm³/mol. The lowest BCUT2D eigenvalue weighted by atomic mass is 10.2. The van der Waals surface area contributed by atoms with Gasteiger partial charge in [0.15, 0.2) is 18.2 Å². The van der Waals surface area contributed by atoms with Crippen molar-refractivity contribution in [2.45, 2.75) is 26.4 Å². The Balaban J connectivity index is 2.08. The van der Waals surface area contributed by atoms with Crippen molar-refractivity contribution >= 4 is 23.6 Å². The van der Waals surface area contributed by atoms with Crippen molar-refractivity contribution in [2.24, 2.45) is 0 Å². The Hall–Kier alpha value is -2.31. The van der Waals surface area contributed by atoms with Gasteiger partial charge >= 0.3 is 6.09 Å². The number of aromatic nitrogens is 1. The highest BCUT2D eigenvalue weighted by Gasteiger charge is 2.20. The number of carbonyl (C=O) groups is 2. The predicted octanol–water partition coefficient (Wildman–Crippen LogP) is 1.76. The van der Waals surface area contributed by atoms with Gasteiger partial charge < -0.3 is 14.8 Å². The molecule has 102 valence electrons. The summed E-state index contributed by atoms with van der Waals surface area (Å²) in [6, 6.07) is 3.19. The fourth-order valence-electron chi connectivity index (χ4n) is 1.44. The third-order valence-electron chi connectivity index (χ3n) is 2.10. The summed E-state index contributed by atoms with van der Waals surface area (Å²) in [7, 11) is 0. The average molecular weight is 265 g/mol. The van der Waals surface area contributed by atoms with Gasteiger partial charge in [-0.05, 0) is 32.9 Å². The minimum Gasteiger partial charge on any atom is -0.480 e. The van der Waals surface area contributed by atoms with Gasteiger partial charge in [0.25, 0.3) is 5.91 Å². The molecule has 0 bridgehead atoms. The Morgan fingerprint density at radius 3 is 2.89 bits per heavy atom. The highest BCUT2D eigenvalue weighted by molar-refractivity contribution is 5.94. The van der Waals surface area contributed by atoms with Crippen LogP contribution >= 0.6 is 0 Å². The van der Waals surface area contributed by atoms with E-state index in [2.05, 4.69) is 15.6 Å². The van der Waals surface area contributed by atoms with Gasteiger partial charge in [-0.3, -0.25) is 10.1 Å². The van der Waals surface area contributed by atoms with E-state index in [1.165, 1.54) is 0 Å². The smallest absolute Gasteiger partial charge is 0.413 e. The van der Waals surface area contributed by atoms with Crippen LogP contribution in [0.1, 0.15) is 20.8 Å². The molecule has 7 nitrogen and oxygen atoms in total. The van der Waals surface area contributed by atoms with E-state index in [9.17, 15) is 9.59 Å². The largest absolute Gasteiger partial charge is 0.480 e. The standard InChI is InChI=1S/C12H15N3O4/c1-12(2,3)19-11(17)14-8-5-4-7-10(13-8)15-9(16)6-18-7/h4-5H,6H2,1-3H3,(H2,13,14,15,16,17). The Morgan fingerprint density at radius 2 is 2.21 bits per heavy atom. The minimum atomic E-state index is -0.608. The maximum Gasteiger partial charge on any atom is 0.413 e. The summed E-state index contributed by atoms with van der Waals surface area (Å²) in [6.45, 7) is 5.26. The molecule has 0 saturated carbocycles. The van der Waals surface area contributed by atoms with Crippen LogP contribution in [0.4, 0.5) is 16.4 Å². The zero-order valence-corrected chi connectivity index (χ0v) is 10.9. The molecule has 0 radical (unpaired) electrons. The first-order valence-electron chi connectivity index (χ1n) is 5.77. The number of anilines is 2. The highest BCUT2D eigenvalue weighted by Crippen LogP contribution is 2.26. The number of nitrogens with zero attached hydrogens (tertiary/aromatic N) is 1. The molecular weight excluding hydrogens is 250 g/mol. The van der Waals surface area contributed by atoms with Crippen LogP contribution in [0.15, 0.2) is 12.1 Å². The topological polar surface area (TPSA) is 89.5 Å². The molecule has 1 aliphatic heterocycles. The highest BCUT2D eigenvalue weighted by atomic mass is 16.6. The van der Waals surface area contributed by atoms with E-state index in [4.69, 9.17) is 9.47 Å². The van der Waals surface area contributed by atoms with E-state index in [1.54, 1.807) is 32.9 Å². The Kier molecular flexibility index (Phi) is 3.28. The zero-order chi connectivity index (χ0) is 14.0. The molecule has 0 aliphatic carbocycles. The van der Waals surface area contributed by atoms with Crippen molar-refractivity contribution in [3.63, 3.8) is 0 Å². The first-order chi connectivity index (χ1) is 8.83. The summed E-state index contributed by atoms with van der Waals surface area (Å²) in [4.78, 5) is 26.8. The van der Waals surface area contributed by atoms with Gasteiger partial charge in [-0.15, -0.1) is 0 Å². The van der Waals surface area contributed by atoms with Gasteiger partial charge in [0.2, 0.25) is 0 Å². The molecule has 19 heavy (non-hydrogen) atoms. The molecule has 2 rings (SSSR count). The quantitative estimate of drug-likeness (QED) is 0.807. The van der Waals surface area contributed by atoms with E-state index in [1.807, 2.05) is 0 Å². The molecule has 0 saturated heterocycles. The van der Waals surface area contributed by atoms with Crippen molar-refractivity contribution in [3.05, 3.63) is 12.1 Å². The molecule has 0 fully saturated rings. The van der Waals surface area contributed by atoms with Gasteiger partial charge in [0, 0.05) is 0 Å². The van der Waals surface area contributed by atoms with Crippen molar-refractivity contribution in [1.82, 2.24) is 4.98 Å². The van der Waals surface area contributed by atoms with Gasteiger partial charge in [0.1, 0.15) is 11.4 Å². The summed E-state index contributed by atoms with van der Waals surface area (Å²) >= 11 is 0. The Labute approximate surface area is 110 Å².